The Hall–Kier alpha value is -2.20. The standard InChI is InChI=1S/C19H16BrNO2/c1-12-17(11-21(2)14-9-7-13(20)8-10-14)19(23)16-6-4-3-5-15(16)18(12)22/h3-10H,11H2,1-2H3. The van der Waals surface area contributed by atoms with Crippen LogP contribution in [0, 0.1) is 0 Å². The lowest BCUT2D eigenvalue weighted by atomic mass is 9.84. The summed E-state index contributed by atoms with van der Waals surface area (Å²) < 4.78 is 1.00. The Morgan fingerprint density at radius 3 is 2.09 bits per heavy atom. The molecule has 0 aliphatic heterocycles. The van der Waals surface area contributed by atoms with Gasteiger partial charge in [0.15, 0.2) is 11.6 Å². The molecule has 3 rings (SSSR count). The quantitative estimate of drug-likeness (QED) is 0.809. The van der Waals surface area contributed by atoms with E-state index in [-0.39, 0.29) is 11.6 Å². The molecule has 0 N–H and O–H groups in total. The van der Waals surface area contributed by atoms with Crippen molar-refractivity contribution in [2.24, 2.45) is 0 Å². The van der Waals surface area contributed by atoms with Crippen LogP contribution in [0.3, 0.4) is 0 Å². The van der Waals surface area contributed by atoms with Crippen LogP contribution < -0.4 is 4.90 Å². The number of likely N-dealkylation sites (N-methyl/N-ethyl adjacent to an activating group) is 1. The minimum atomic E-state index is -0.0561. The number of rotatable bonds is 3. The fourth-order valence-electron chi connectivity index (χ4n) is 2.77. The third kappa shape index (κ3) is 2.86. The first-order valence-corrected chi connectivity index (χ1v) is 8.13. The Morgan fingerprint density at radius 2 is 1.48 bits per heavy atom. The molecule has 0 spiro atoms. The van der Waals surface area contributed by atoms with E-state index in [0.717, 1.165) is 10.2 Å². The second-order valence-corrected chi connectivity index (χ2v) is 6.56. The maximum absolute atomic E-state index is 12.7. The lowest BCUT2D eigenvalue weighted by molar-refractivity contribution is 0.0973. The number of Topliss-reactive ketones (excluding diaryl/α,β-unsaturated/α-hetero) is 2. The zero-order valence-electron chi connectivity index (χ0n) is 13.0. The number of ketones is 2. The van der Waals surface area contributed by atoms with Gasteiger partial charge in [0.25, 0.3) is 0 Å². The second kappa shape index (κ2) is 6.13. The Balaban J connectivity index is 1.93. The first kappa shape index (κ1) is 15.7. The van der Waals surface area contributed by atoms with E-state index in [0.29, 0.717) is 28.8 Å². The maximum Gasteiger partial charge on any atom is 0.191 e. The van der Waals surface area contributed by atoms with Crippen molar-refractivity contribution >= 4 is 33.2 Å². The summed E-state index contributed by atoms with van der Waals surface area (Å²) in [5.41, 5.74) is 3.11. The minimum Gasteiger partial charge on any atom is -0.370 e. The van der Waals surface area contributed by atoms with Gasteiger partial charge in [0.05, 0.1) is 0 Å². The zero-order valence-corrected chi connectivity index (χ0v) is 14.6. The molecule has 0 heterocycles. The lowest BCUT2D eigenvalue weighted by Gasteiger charge is -2.25. The van der Waals surface area contributed by atoms with Crippen molar-refractivity contribution in [2.75, 3.05) is 18.5 Å². The van der Waals surface area contributed by atoms with Crippen LogP contribution in [-0.2, 0) is 0 Å². The molecule has 0 atom stereocenters. The predicted molar refractivity (Wildman–Crippen MR) is 95.2 cm³/mol. The van der Waals surface area contributed by atoms with Gasteiger partial charge in [-0.15, -0.1) is 0 Å². The molecule has 116 valence electrons. The van der Waals surface area contributed by atoms with Crippen molar-refractivity contribution in [3.8, 4) is 0 Å². The molecule has 23 heavy (non-hydrogen) atoms. The third-order valence-corrected chi connectivity index (χ3v) is 4.68. The van der Waals surface area contributed by atoms with E-state index >= 15 is 0 Å². The van der Waals surface area contributed by atoms with Crippen molar-refractivity contribution in [1.82, 2.24) is 0 Å². The topological polar surface area (TPSA) is 37.4 Å². The van der Waals surface area contributed by atoms with Crippen molar-refractivity contribution in [3.63, 3.8) is 0 Å². The van der Waals surface area contributed by atoms with E-state index < -0.39 is 0 Å². The van der Waals surface area contributed by atoms with E-state index in [2.05, 4.69) is 15.9 Å². The summed E-state index contributed by atoms with van der Waals surface area (Å²) in [5.74, 6) is -0.110. The van der Waals surface area contributed by atoms with Gasteiger partial charge in [-0.25, -0.2) is 0 Å². The lowest BCUT2D eigenvalue weighted by Crippen LogP contribution is -2.29. The van der Waals surface area contributed by atoms with Crippen LogP contribution >= 0.6 is 15.9 Å². The molecule has 1 aliphatic rings. The van der Waals surface area contributed by atoms with E-state index in [4.69, 9.17) is 0 Å². The normalized spacial score (nSPS) is 14.0. The number of hydrogen-bond acceptors (Lipinski definition) is 3. The Bertz CT molecular complexity index is 822. The number of fused-ring (bicyclic) bond motifs is 1. The van der Waals surface area contributed by atoms with Crippen molar-refractivity contribution in [1.29, 1.82) is 0 Å². The highest BCUT2D eigenvalue weighted by Crippen LogP contribution is 2.27. The summed E-state index contributed by atoms with van der Waals surface area (Å²) in [7, 11) is 1.92. The van der Waals surface area contributed by atoms with Gasteiger partial charge in [-0.2, -0.15) is 0 Å². The third-order valence-electron chi connectivity index (χ3n) is 4.15. The molecular weight excluding hydrogens is 354 g/mol. The fraction of sp³-hybridized carbons (Fsp3) is 0.158. The summed E-state index contributed by atoms with van der Waals surface area (Å²) in [6.07, 6.45) is 0. The number of benzene rings is 2. The Morgan fingerprint density at radius 1 is 0.913 bits per heavy atom. The average Bonchev–Trinajstić information content (AvgIpc) is 2.57. The number of anilines is 1. The van der Waals surface area contributed by atoms with Gasteiger partial charge >= 0.3 is 0 Å². The highest BCUT2D eigenvalue weighted by Gasteiger charge is 2.29. The highest BCUT2D eigenvalue weighted by molar-refractivity contribution is 9.10. The van der Waals surface area contributed by atoms with Crippen LogP contribution in [0.15, 0.2) is 64.1 Å². The Labute approximate surface area is 143 Å². The van der Waals surface area contributed by atoms with Gasteiger partial charge in [0.2, 0.25) is 0 Å². The molecule has 0 fully saturated rings. The maximum atomic E-state index is 12.7. The first-order valence-electron chi connectivity index (χ1n) is 7.34. The molecular formula is C19H16BrNO2. The van der Waals surface area contributed by atoms with Gasteiger partial charge in [-0.1, -0.05) is 40.2 Å². The molecule has 0 aromatic heterocycles. The van der Waals surface area contributed by atoms with E-state index in [9.17, 15) is 9.59 Å². The number of carbonyl (C=O) groups is 2. The van der Waals surface area contributed by atoms with Crippen LogP contribution in [0.2, 0.25) is 0 Å². The molecule has 0 radical (unpaired) electrons. The summed E-state index contributed by atoms with van der Waals surface area (Å²) in [5, 5.41) is 0. The van der Waals surface area contributed by atoms with E-state index in [1.807, 2.05) is 36.2 Å². The van der Waals surface area contributed by atoms with Gasteiger partial charge in [0.1, 0.15) is 0 Å². The molecule has 0 saturated carbocycles. The van der Waals surface area contributed by atoms with Gasteiger partial charge in [-0.3, -0.25) is 9.59 Å². The molecule has 4 heteroatoms. The minimum absolute atomic E-state index is 0.0540. The van der Waals surface area contributed by atoms with E-state index in [1.54, 1.807) is 31.2 Å². The highest BCUT2D eigenvalue weighted by atomic mass is 79.9. The van der Waals surface area contributed by atoms with Gasteiger partial charge in [0, 0.05) is 46.0 Å². The molecule has 0 unspecified atom stereocenters. The summed E-state index contributed by atoms with van der Waals surface area (Å²) in [6.45, 7) is 2.15. The van der Waals surface area contributed by atoms with E-state index in [1.165, 1.54) is 0 Å². The number of allylic oxidation sites excluding steroid dienone is 1. The number of nitrogens with zero attached hydrogens (tertiary/aromatic N) is 1. The summed E-state index contributed by atoms with van der Waals surface area (Å²) >= 11 is 3.41. The Kier molecular flexibility index (Phi) is 4.18. The smallest absolute Gasteiger partial charge is 0.191 e. The molecule has 0 amide bonds. The van der Waals surface area contributed by atoms with Crippen LogP contribution in [-0.4, -0.2) is 25.2 Å². The molecule has 3 nitrogen and oxygen atoms in total. The van der Waals surface area contributed by atoms with Crippen LogP contribution in [0.4, 0.5) is 5.69 Å². The van der Waals surface area contributed by atoms with Crippen LogP contribution in [0.5, 0.6) is 0 Å². The average molecular weight is 370 g/mol. The largest absolute Gasteiger partial charge is 0.370 e. The van der Waals surface area contributed by atoms with Crippen molar-refractivity contribution in [3.05, 3.63) is 75.3 Å². The monoisotopic (exact) mass is 369 g/mol. The number of carbonyl (C=O) groups excluding carboxylic acids is 2. The number of hydrogen-bond donors (Lipinski definition) is 0. The van der Waals surface area contributed by atoms with Crippen molar-refractivity contribution < 1.29 is 9.59 Å². The summed E-state index contributed by atoms with van der Waals surface area (Å²) in [6, 6.07) is 14.9. The molecule has 1 aliphatic carbocycles. The van der Waals surface area contributed by atoms with Crippen molar-refractivity contribution in [2.45, 2.75) is 6.92 Å². The predicted octanol–water partition coefficient (Wildman–Crippen LogP) is 4.28. The molecule has 0 saturated heterocycles. The summed E-state index contributed by atoms with van der Waals surface area (Å²) in [4.78, 5) is 27.2. The molecule has 2 aromatic carbocycles. The fourth-order valence-corrected chi connectivity index (χ4v) is 3.03. The zero-order chi connectivity index (χ0) is 16.6. The second-order valence-electron chi connectivity index (χ2n) is 5.64. The molecule has 0 bridgehead atoms. The SMILES string of the molecule is CC1=C(CN(C)c2ccc(Br)cc2)C(=O)c2ccccc2C1=O. The number of halogens is 1. The van der Waals surface area contributed by atoms with Crippen LogP contribution in [0.1, 0.15) is 27.6 Å². The van der Waals surface area contributed by atoms with Crippen LogP contribution in [0.25, 0.3) is 0 Å². The van der Waals surface area contributed by atoms with Gasteiger partial charge in [-0.05, 0) is 31.2 Å². The first-order chi connectivity index (χ1) is 11.0. The molecule has 2 aromatic rings. The van der Waals surface area contributed by atoms with Gasteiger partial charge < -0.3 is 4.90 Å².